The van der Waals surface area contributed by atoms with Crippen LogP contribution in [0.3, 0.4) is 0 Å². The van der Waals surface area contributed by atoms with Crippen LogP contribution in [0.25, 0.3) is 0 Å². The molecule has 1 heterocycles. The molecule has 1 aliphatic heterocycles. The number of carboxylic acids is 1. The molecule has 1 fully saturated rings. The van der Waals surface area contributed by atoms with Crippen LogP contribution < -0.4 is 21.7 Å². The van der Waals surface area contributed by atoms with Gasteiger partial charge < -0.3 is 31.7 Å². The molecule has 1 radical (unpaired) electrons. The molecule has 0 saturated carbocycles. The highest BCUT2D eigenvalue weighted by molar-refractivity contribution is 5.96. The minimum absolute atomic E-state index is 0.114. The number of hydrogen-bond donors (Lipinski definition) is 5. The first-order valence-corrected chi connectivity index (χ1v) is 11.8. The third-order valence-electron chi connectivity index (χ3n) is 5.68. The van der Waals surface area contributed by atoms with Crippen LogP contribution in [0.1, 0.15) is 60.3 Å². The van der Waals surface area contributed by atoms with Crippen molar-refractivity contribution in [2.24, 2.45) is 17.6 Å². The van der Waals surface area contributed by atoms with E-state index in [1.807, 2.05) is 13.8 Å². The highest BCUT2D eigenvalue weighted by Gasteiger charge is 2.40. The van der Waals surface area contributed by atoms with Crippen LogP contribution in [-0.4, -0.2) is 82.6 Å². The summed E-state index contributed by atoms with van der Waals surface area (Å²) in [6, 6.07) is -5.06. The van der Waals surface area contributed by atoms with Crippen LogP contribution in [0.15, 0.2) is 0 Å². The third-order valence-corrected chi connectivity index (χ3v) is 5.68. The summed E-state index contributed by atoms with van der Waals surface area (Å²) < 4.78 is 0. The number of hydrogen-bond acceptors (Lipinski definition) is 7. The zero-order valence-corrected chi connectivity index (χ0v) is 21.0. The predicted molar refractivity (Wildman–Crippen MR) is 126 cm³/mol. The monoisotopic (exact) mass is 496 g/mol. The lowest BCUT2D eigenvalue weighted by molar-refractivity contribution is -0.144. The van der Waals surface area contributed by atoms with E-state index in [4.69, 9.17) is 5.73 Å². The first kappa shape index (κ1) is 30.0. The first-order chi connectivity index (χ1) is 16.3. The number of carboxylic acid groups (broad SMARTS) is 1. The van der Waals surface area contributed by atoms with E-state index in [-0.39, 0.29) is 12.5 Å². The number of likely N-dealkylation sites (tertiary alicyclic amines) is 1. The highest BCUT2D eigenvalue weighted by Crippen LogP contribution is 2.21. The van der Waals surface area contributed by atoms with Crippen molar-refractivity contribution in [3.8, 4) is 0 Å². The van der Waals surface area contributed by atoms with Gasteiger partial charge >= 0.3 is 5.97 Å². The summed E-state index contributed by atoms with van der Waals surface area (Å²) in [6.45, 7) is 8.89. The maximum atomic E-state index is 13.3. The molecule has 1 rings (SSSR count). The summed E-state index contributed by atoms with van der Waals surface area (Å²) in [5.74, 6) is -4.10. The Labute approximate surface area is 205 Å². The van der Waals surface area contributed by atoms with E-state index < -0.39 is 72.1 Å². The van der Waals surface area contributed by atoms with Crippen molar-refractivity contribution in [3.05, 3.63) is 0 Å². The van der Waals surface area contributed by atoms with Gasteiger partial charge in [-0.2, -0.15) is 0 Å². The molecule has 12 nitrogen and oxygen atoms in total. The number of nitrogens with zero attached hydrogens (tertiary/aromatic N) is 1. The Morgan fingerprint density at radius 3 is 2.17 bits per heavy atom. The second-order valence-corrected chi connectivity index (χ2v) is 9.66. The van der Waals surface area contributed by atoms with Crippen LogP contribution in [0.4, 0.5) is 0 Å². The van der Waals surface area contributed by atoms with Crippen molar-refractivity contribution in [1.29, 1.82) is 0 Å². The number of amides is 4. The fourth-order valence-electron chi connectivity index (χ4n) is 3.87. The number of aliphatic carboxylic acids is 1. The summed E-state index contributed by atoms with van der Waals surface area (Å²) in [5, 5.41) is 16.6. The maximum Gasteiger partial charge on any atom is 0.305 e. The summed E-state index contributed by atoms with van der Waals surface area (Å²) in [4.78, 5) is 74.7. The average Bonchev–Trinajstić information content (AvgIpc) is 3.25. The third kappa shape index (κ3) is 9.27. The molecular formula is C23H38N5O7. The van der Waals surface area contributed by atoms with Gasteiger partial charge in [-0.15, -0.1) is 0 Å². The van der Waals surface area contributed by atoms with Crippen molar-refractivity contribution < 1.29 is 33.9 Å². The SMILES string of the molecule is CC(C)C[C@H](N)C(=O)N[C@@H](CC(=O)O)C(=O)N[C@H](C(=O)N1CCC[C@H]1C(=O)N[C@@H](C)[C]=O)C(C)C. The Kier molecular flexibility index (Phi) is 11.8. The molecule has 0 aromatic heterocycles. The lowest BCUT2D eigenvalue weighted by Crippen LogP contribution is -2.59. The second-order valence-electron chi connectivity index (χ2n) is 9.66. The van der Waals surface area contributed by atoms with Crippen molar-refractivity contribution in [2.75, 3.05) is 6.54 Å². The van der Waals surface area contributed by atoms with Gasteiger partial charge in [0.1, 0.15) is 18.1 Å². The summed E-state index contributed by atoms with van der Waals surface area (Å²) in [7, 11) is 0. The van der Waals surface area contributed by atoms with Gasteiger partial charge in [0, 0.05) is 6.54 Å². The van der Waals surface area contributed by atoms with Crippen molar-refractivity contribution in [1.82, 2.24) is 20.9 Å². The molecule has 5 atom stereocenters. The lowest BCUT2D eigenvalue weighted by atomic mass is 10.0. The minimum Gasteiger partial charge on any atom is -0.481 e. The largest absolute Gasteiger partial charge is 0.481 e. The van der Waals surface area contributed by atoms with Gasteiger partial charge in [0.25, 0.3) is 0 Å². The van der Waals surface area contributed by atoms with Crippen LogP contribution in [-0.2, 0) is 28.8 Å². The van der Waals surface area contributed by atoms with E-state index in [0.717, 1.165) is 0 Å². The van der Waals surface area contributed by atoms with Crippen molar-refractivity contribution in [3.63, 3.8) is 0 Å². The van der Waals surface area contributed by atoms with Gasteiger partial charge in [0.2, 0.25) is 29.9 Å². The van der Waals surface area contributed by atoms with Gasteiger partial charge in [-0.3, -0.25) is 28.8 Å². The molecule has 0 aliphatic carbocycles. The van der Waals surface area contributed by atoms with Crippen LogP contribution in [0.5, 0.6) is 0 Å². The van der Waals surface area contributed by atoms with Crippen molar-refractivity contribution >= 4 is 35.9 Å². The molecule has 0 aromatic rings. The Hall–Kier alpha value is -3.02. The molecule has 4 amide bonds. The summed E-state index contributed by atoms with van der Waals surface area (Å²) in [5.41, 5.74) is 5.85. The van der Waals surface area contributed by atoms with E-state index in [9.17, 15) is 33.9 Å². The summed E-state index contributed by atoms with van der Waals surface area (Å²) in [6.07, 6.45) is 2.27. The number of nitrogens with two attached hydrogens (primary N) is 1. The zero-order chi connectivity index (χ0) is 26.9. The molecule has 197 valence electrons. The molecule has 12 heteroatoms. The smallest absolute Gasteiger partial charge is 0.305 e. The summed E-state index contributed by atoms with van der Waals surface area (Å²) >= 11 is 0. The molecule has 1 aliphatic rings. The van der Waals surface area contributed by atoms with E-state index >= 15 is 0 Å². The standard InChI is InChI=1S/C23H38N5O7/c1-12(2)9-15(24)20(32)26-16(10-18(30)31)21(33)27-19(13(3)4)23(35)28-8-6-7-17(28)22(34)25-14(5)11-29/h12-17,19H,6-10,24H2,1-5H3,(H,25,34)(H,26,32)(H,27,33)(H,30,31)/t14-,15-,16-,17-,19-/m0/s1. The lowest BCUT2D eigenvalue weighted by Gasteiger charge is -2.31. The molecule has 6 N–H and O–H groups in total. The van der Waals surface area contributed by atoms with Crippen molar-refractivity contribution in [2.45, 2.75) is 90.5 Å². The molecule has 0 aromatic carbocycles. The Bertz CT molecular complexity index is 801. The maximum absolute atomic E-state index is 13.3. The molecule has 1 saturated heterocycles. The predicted octanol–water partition coefficient (Wildman–Crippen LogP) is -0.934. The topological polar surface area (TPSA) is 188 Å². The van der Waals surface area contributed by atoms with E-state index in [0.29, 0.717) is 19.3 Å². The Balaban J connectivity index is 3.00. The van der Waals surface area contributed by atoms with Gasteiger partial charge in [-0.05, 0) is 38.0 Å². The Morgan fingerprint density at radius 1 is 1.03 bits per heavy atom. The van der Waals surface area contributed by atoms with E-state index in [2.05, 4.69) is 16.0 Å². The highest BCUT2D eigenvalue weighted by atomic mass is 16.4. The first-order valence-electron chi connectivity index (χ1n) is 11.8. The Morgan fingerprint density at radius 2 is 1.66 bits per heavy atom. The van der Waals surface area contributed by atoms with Gasteiger partial charge in [0.05, 0.1) is 18.5 Å². The number of carbonyl (C=O) groups excluding carboxylic acids is 5. The van der Waals surface area contributed by atoms with Crippen LogP contribution in [0.2, 0.25) is 0 Å². The van der Waals surface area contributed by atoms with Gasteiger partial charge in [-0.1, -0.05) is 27.7 Å². The molecule has 0 spiro atoms. The number of nitrogens with one attached hydrogen (secondary N) is 3. The van der Waals surface area contributed by atoms with Crippen LogP contribution in [0, 0.1) is 11.8 Å². The molecule has 0 bridgehead atoms. The number of carbonyl (C=O) groups is 5. The average molecular weight is 497 g/mol. The van der Waals surface area contributed by atoms with Gasteiger partial charge in [-0.25, -0.2) is 0 Å². The van der Waals surface area contributed by atoms with Crippen LogP contribution >= 0.6 is 0 Å². The molecule has 0 unspecified atom stereocenters. The van der Waals surface area contributed by atoms with Gasteiger partial charge in [0.15, 0.2) is 0 Å². The zero-order valence-electron chi connectivity index (χ0n) is 21.0. The quantitative estimate of drug-likeness (QED) is 0.216. The fourth-order valence-corrected chi connectivity index (χ4v) is 3.87. The van der Waals surface area contributed by atoms with E-state index in [1.165, 1.54) is 11.8 Å². The molecule has 35 heavy (non-hydrogen) atoms. The second kappa shape index (κ2) is 13.8. The van der Waals surface area contributed by atoms with E-state index in [1.54, 1.807) is 20.1 Å². The molecular weight excluding hydrogens is 458 g/mol. The number of rotatable bonds is 13. The fraction of sp³-hybridized carbons (Fsp3) is 0.739. The minimum atomic E-state index is -1.44. The normalized spacial score (nSPS) is 19.0.